The van der Waals surface area contributed by atoms with Gasteiger partial charge in [-0.05, 0) is 49.7 Å². The van der Waals surface area contributed by atoms with Crippen molar-refractivity contribution in [1.82, 2.24) is 9.47 Å². The van der Waals surface area contributed by atoms with E-state index >= 15 is 0 Å². The lowest BCUT2D eigenvalue weighted by atomic mass is 10.2. The molecule has 0 atom stereocenters. The number of aromatic nitrogens is 1. The lowest BCUT2D eigenvalue weighted by molar-refractivity contribution is 0.254. The second kappa shape index (κ2) is 9.06. The summed E-state index contributed by atoms with van der Waals surface area (Å²) in [6.45, 7) is 5.85. The predicted molar refractivity (Wildman–Crippen MR) is 119 cm³/mol. The van der Waals surface area contributed by atoms with E-state index in [0.717, 1.165) is 69.0 Å². The second-order valence-electron chi connectivity index (χ2n) is 7.71. The molecule has 7 nitrogen and oxygen atoms in total. The first-order valence-electron chi connectivity index (χ1n) is 10.5. The fourth-order valence-corrected chi connectivity index (χ4v) is 3.99. The van der Waals surface area contributed by atoms with Crippen LogP contribution in [0.15, 0.2) is 51.7 Å². The summed E-state index contributed by atoms with van der Waals surface area (Å²) >= 11 is 0. The Morgan fingerprint density at radius 3 is 2.70 bits per heavy atom. The Labute approximate surface area is 176 Å². The van der Waals surface area contributed by atoms with Crippen LogP contribution in [0.25, 0.3) is 11.1 Å². The molecule has 1 aromatic heterocycles. The van der Waals surface area contributed by atoms with Crippen LogP contribution < -0.4 is 16.0 Å². The lowest BCUT2D eigenvalue weighted by Gasteiger charge is -2.36. The van der Waals surface area contributed by atoms with E-state index < -0.39 is 0 Å². The van der Waals surface area contributed by atoms with Crippen molar-refractivity contribution >= 4 is 22.5 Å². The molecule has 1 saturated heterocycles. The zero-order valence-electron chi connectivity index (χ0n) is 17.3. The molecule has 156 valence electrons. The summed E-state index contributed by atoms with van der Waals surface area (Å²) in [5, 5.41) is 12.4. The van der Waals surface area contributed by atoms with Gasteiger partial charge >= 0.3 is 5.76 Å². The predicted octanol–water partition coefficient (Wildman–Crippen LogP) is 3.02. The Balaban J connectivity index is 1.22. The third-order valence-corrected chi connectivity index (χ3v) is 5.73. The molecule has 0 unspecified atom stereocenters. The van der Waals surface area contributed by atoms with E-state index in [9.17, 15) is 4.79 Å². The standard InChI is InChI=1S/C23H27N5O2/c1-26-20-8-5-9-21(22(20)30-23(26)29)28-14-12-27(13-15-28)11-3-2-10-25-19-7-4-6-18(16-19)17-24/h4-9,16,25H,2-3,10-15H2,1H3. The summed E-state index contributed by atoms with van der Waals surface area (Å²) in [6.07, 6.45) is 2.22. The van der Waals surface area contributed by atoms with Gasteiger partial charge in [-0.25, -0.2) is 4.79 Å². The number of piperazine rings is 1. The molecule has 7 heteroatoms. The van der Waals surface area contributed by atoms with E-state index in [1.807, 2.05) is 42.5 Å². The number of fused-ring (bicyclic) bond motifs is 1. The van der Waals surface area contributed by atoms with Gasteiger partial charge in [-0.15, -0.1) is 0 Å². The summed E-state index contributed by atoms with van der Waals surface area (Å²) in [4.78, 5) is 16.7. The SMILES string of the molecule is Cn1c(=O)oc2c(N3CCN(CCCCNc4cccc(C#N)c4)CC3)cccc21. The highest BCUT2D eigenvalue weighted by Gasteiger charge is 2.20. The number of nitrogens with zero attached hydrogens (tertiary/aromatic N) is 4. The molecule has 1 N–H and O–H groups in total. The first-order valence-corrected chi connectivity index (χ1v) is 10.5. The fraction of sp³-hybridized carbons (Fsp3) is 0.391. The van der Waals surface area contributed by atoms with Crippen LogP contribution >= 0.6 is 0 Å². The highest BCUT2D eigenvalue weighted by atomic mass is 16.4. The van der Waals surface area contributed by atoms with Gasteiger partial charge in [0.05, 0.1) is 22.8 Å². The van der Waals surface area contributed by atoms with Crippen molar-refractivity contribution < 1.29 is 4.42 Å². The Kier molecular flexibility index (Phi) is 6.05. The summed E-state index contributed by atoms with van der Waals surface area (Å²) in [5.41, 5.74) is 4.22. The molecule has 0 spiro atoms. The Hall–Kier alpha value is -3.24. The summed E-state index contributed by atoms with van der Waals surface area (Å²) in [6, 6.07) is 15.7. The van der Waals surface area contributed by atoms with E-state index in [1.54, 1.807) is 11.6 Å². The van der Waals surface area contributed by atoms with Gasteiger partial charge in [-0.3, -0.25) is 9.47 Å². The van der Waals surface area contributed by atoms with E-state index in [4.69, 9.17) is 9.68 Å². The molecule has 2 aromatic carbocycles. The number of nitriles is 1. The zero-order chi connectivity index (χ0) is 20.9. The van der Waals surface area contributed by atoms with Crippen LogP contribution in [0.1, 0.15) is 18.4 Å². The Bertz CT molecular complexity index is 1100. The number of rotatable bonds is 7. The average molecular weight is 406 g/mol. The van der Waals surface area contributed by atoms with Crippen molar-refractivity contribution in [3.8, 4) is 6.07 Å². The monoisotopic (exact) mass is 405 g/mol. The average Bonchev–Trinajstić information content (AvgIpc) is 3.08. The summed E-state index contributed by atoms with van der Waals surface area (Å²) in [7, 11) is 1.74. The van der Waals surface area contributed by atoms with Gasteiger partial charge in [0.15, 0.2) is 5.58 Å². The van der Waals surface area contributed by atoms with Crippen molar-refractivity contribution in [2.45, 2.75) is 12.8 Å². The lowest BCUT2D eigenvalue weighted by Crippen LogP contribution is -2.46. The van der Waals surface area contributed by atoms with Gasteiger partial charge in [0.1, 0.15) is 0 Å². The molecule has 4 rings (SSSR count). The number of aryl methyl sites for hydroxylation is 1. The minimum atomic E-state index is -0.316. The number of anilines is 2. The number of hydrogen-bond donors (Lipinski definition) is 1. The quantitative estimate of drug-likeness (QED) is 0.609. The van der Waals surface area contributed by atoms with Gasteiger partial charge < -0.3 is 14.6 Å². The number of oxazole rings is 1. The highest BCUT2D eigenvalue weighted by Crippen LogP contribution is 2.26. The van der Waals surface area contributed by atoms with Crippen molar-refractivity contribution in [2.24, 2.45) is 7.05 Å². The fourth-order valence-electron chi connectivity index (χ4n) is 3.99. The number of para-hydroxylation sites is 1. The molecule has 0 bridgehead atoms. The first-order chi connectivity index (χ1) is 14.7. The minimum absolute atomic E-state index is 0.316. The van der Waals surface area contributed by atoms with Crippen LogP contribution in [-0.4, -0.2) is 48.7 Å². The van der Waals surface area contributed by atoms with Gasteiger partial charge in [0, 0.05) is 45.5 Å². The molecule has 0 aliphatic carbocycles. The van der Waals surface area contributed by atoms with Crippen molar-refractivity contribution in [3.05, 3.63) is 58.6 Å². The summed E-state index contributed by atoms with van der Waals surface area (Å²) < 4.78 is 7.04. The van der Waals surface area contributed by atoms with E-state index in [2.05, 4.69) is 21.2 Å². The molecule has 2 heterocycles. The molecule has 1 aliphatic heterocycles. The number of nitrogens with one attached hydrogen (secondary N) is 1. The van der Waals surface area contributed by atoms with Crippen molar-refractivity contribution in [3.63, 3.8) is 0 Å². The third-order valence-electron chi connectivity index (χ3n) is 5.73. The number of benzene rings is 2. The van der Waals surface area contributed by atoms with Gasteiger partial charge in [0.2, 0.25) is 0 Å². The molecule has 1 aliphatic rings. The largest absolute Gasteiger partial charge is 0.419 e. The topological polar surface area (TPSA) is 77.4 Å². The Morgan fingerprint density at radius 2 is 1.90 bits per heavy atom. The van der Waals surface area contributed by atoms with Crippen LogP contribution in [-0.2, 0) is 7.05 Å². The molecule has 0 amide bonds. The molecule has 0 radical (unpaired) electrons. The maximum Gasteiger partial charge on any atom is 0.419 e. The third kappa shape index (κ3) is 4.34. The van der Waals surface area contributed by atoms with E-state index in [-0.39, 0.29) is 5.76 Å². The second-order valence-corrected chi connectivity index (χ2v) is 7.71. The number of hydrogen-bond acceptors (Lipinski definition) is 6. The van der Waals surface area contributed by atoms with Gasteiger partial charge in [0.25, 0.3) is 0 Å². The van der Waals surface area contributed by atoms with Crippen molar-refractivity contribution in [1.29, 1.82) is 5.26 Å². The van der Waals surface area contributed by atoms with Crippen LogP contribution in [0.4, 0.5) is 11.4 Å². The van der Waals surface area contributed by atoms with Gasteiger partial charge in [-0.2, -0.15) is 5.26 Å². The molecule has 30 heavy (non-hydrogen) atoms. The smallest absolute Gasteiger partial charge is 0.405 e. The molecular weight excluding hydrogens is 378 g/mol. The molecular formula is C23H27N5O2. The highest BCUT2D eigenvalue weighted by molar-refractivity contribution is 5.87. The molecule has 3 aromatic rings. The summed E-state index contributed by atoms with van der Waals surface area (Å²) in [5.74, 6) is -0.316. The maximum atomic E-state index is 11.9. The Morgan fingerprint density at radius 1 is 1.10 bits per heavy atom. The number of unbranched alkanes of at least 4 members (excludes halogenated alkanes) is 1. The minimum Gasteiger partial charge on any atom is -0.405 e. The van der Waals surface area contributed by atoms with Crippen molar-refractivity contribution in [2.75, 3.05) is 49.5 Å². The van der Waals surface area contributed by atoms with Crippen LogP contribution in [0.3, 0.4) is 0 Å². The van der Waals surface area contributed by atoms with Crippen LogP contribution in [0, 0.1) is 11.3 Å². The zero-order valence-corrected chi connectivity index (χ0v) is 17.3. The van der Waals surface area contributed by atoms with Gasteiger partial charge in [-0.1, -0.05) is 12.1 Å². The van der Waals surface area contributed by atoms with Crippen LogP contribution in [0.2, 0.25) is 0 Å². The normalized spacial score (nSPS) is 14.7. The molecule has 0 saturated carbocycles. The first kappa shape index (κ1) is 20.0. The molecule has 1 fully saturated rings. The van der Waals surface area contributed by atoms with E-state index in [1.165, 1.54) is 0 Å². The van der Waals surface area contributed by atoms with Crippen LogP contribution in [0.5, 0.6) is 0 Å². The maximum absolute atomic E-state index is 11.9. The van der Waals surface area contributed by atoms with E-state index in [0.29, 0.717) is 11.1 Å².